The zero-order valence-corrected chi connectivity index (χ0v) is 16.1. The lowest BCUT2D eigenvalue weighted by molar-refractivity contribution is -0.122. The molecule has 2 fully saturated rings. The molecule has 1 aliphatic heterocycles. The number of hydrogen-bond donors (Lipinski definition) is 2. The molecular formula is C18H26ClFN2O2S. The summed E-state index contributed by atoms with van der Waals surface area (Å²) in [5.41, 5.74) is 0.755. The first-order valence-electron chi connectivity index (χ1n) is 8.64. The van der Waals surface area contributed by atoms with Crippen LogP contribution >= 0.6 is 24.2 Å². The molecule has 0 aromatic heterocycles. The molecule has 1 aromatic carbocycles. The van der Waals surface area contributed by atoms with Crippen molar-refractivity contribution >= 4 is 30.1 Å². The molecule has 1 heterocycles. The van der Waals surface area contributed by atoms with Gasteiger partial charge in [0.1, 0.15) is 0 Å². The standard InChI is InChI=1S/C18H25FN2O2S.ClH/c1-12(21-18(22)9-15-11-24-7-6-20-15)14-4-5-17(16(19)8-14)23-10-13-2-3-13;/h4-5,8,12-13,15,20H,2-3,6-7,9-11H2,1H3,(H,21,22);1H. The molecule has 2 atom stereocenters. The van der Waals surface area contributed by atoms with Crippen LogP contribution in [-0.2, 0) is 4.79 Å². The van der Waals surface area contributed by atoms with E-state index in [1.54, 1.807) is 6.07 Å². The Morgan fingerprint density at radius 1 is 1.48 bits per heavy atom. The van der Waals surface area contributed by atoms with Gasteiger partial charge in [-0.2, -0.15) is 11.8 Å². The molecule has 1 aromatic rings. The fraction of sp³-hybridized carbons (Fsp3) is 0.611. The summed E-state index contributed by atoms with van der Waals surface area (Å²) in [7, 11) is 0. The lowest BCUT2D eigenvalue weighted by atomic mass is 10.1. The molecule has 1 saturated heterocycles. The Hall–Kier alpha value is -0.980. The fourth-order valence-electron chi connectivity index (χ4n) is 2.75. The molecule has 140 valence electrons. The van der Waals surface area contributed by atoms with E-state index in [2.05, 4.69) is 10.6 Å². The maximum atomic E-state index is 14.1. The highest BCUT2D eigenvalue weighted by atomic mass is 35.5. The summed E-state index contributed by atoms with van der Waals surface area (Å²) in [6.45, 7) is 3.42. The summed E-state index contributed by atoms with van der Waals surface area (Å²) in [4.78, 5) is 12.2. The monoisotopic (exact) mass is 388 g/mol. The Morgan fingerprint density at radius 2 is 2.28 bits per heavy atom. The largest absolute Gasteiger partial charge is 0.490 e. The van der Waals surface area contributed by atoms with Crippen molar-refractivity contribution in [2.75, 3.05) is 24.7 Å². The summed E-state index contributed by atoms with van der Waals surface area (Å²) in [5.74, 6) is 2.59. The van der Waals surface area contributed by atoms with Gasteiger partial charge in [0.2, 0.25) is 5.91 Å². The Labute approximate surface area is 159 Å². The highest BCUT2D eigenvalue weighted by Gasteiger charge is 2.23. The Kier molecular flexibility index (Phi) is 7.84. The van der Waals surface area contributed by atoms with Crippen LogP contribution in [0.3, 0.4) is 0 Å². The molecule has 2 unspecified atom stereocenters. The molecule has 0 bridgehead atoms. The molecule has 0 spiro atoms. The molecule has 3 rings (SSSR count). The van der Waals surface area contributed by atoms with Crippen LogP contribution in [0.25, 0.3) is 0 Å². The summed E-state index contributed by atoms with van der Waals surface area (Å²) in [5, 5.41) is 6.30. The van der Waals surface area contributed by atoms with E-state index in [1.165, 1.54) is 18.9 Å². The molecule has 0 radical (unpaired) electrons. The molecule has 1 amide bonds. The van der Waals surface area contributed by atoms with E-state index in [1.807, 2.05) is 24.8 Å². The normalized spacial score (nSPS) is 21.1. The second-order valence-corrected chi connectivity index (χ2v) is 7.81. The molecule has 1 aliphatic carbocycles. The van der Waals surface area contributed by atoms with Crippen LogP contribution in [0.1, 0.15) is 37.8 Å². The number of thioether (sulfide) groups is 1. The number of amides is 1. The summed E-state index contributed by atoms with van der Waals surface area (Å²) < 4.78 is 19.6. The van der Waals surface area contributed by atoms with Crippen LogP contribution < -0.4 is 15.4 Å². The average molecular weight is 389 g/mol. The van der Waals surface area contributed by atoms with Gasteiger partial charge in [-0.3, -0.25) is 4.79 Å². The Bertz CT molecular complexity index is 580. The number of hydrogen-bond acceptors (Lipinski definition) is 4. The molecular weight excluding hydrogens is 363 g/mol. The second kappa shape index (κ2) is 9.64. The SMILES string of the molecule is CC(NC(=O)CC1CSCCN1)c1ccc(OCC2CC2)c(F)c1.Cl. The van der Waals surface area contributed by atoms with Gasteiger partial charge in [-0.25, -0.2) is 4.39 Å². The predicted octanol–water partition coefficient (Wildman–Crippen LogP) is 3.31. The third-order valence-electron chi connectivity index (χ3n) is 4.44. The van der Waals surface area contributed by atoms with E-state index < -0.39 is 0 Å². The van der Waals surface area contributed by atoms with Crippen molar-refractivity contribution in [2.45, 2.75) is 38.3 Å². The minimum atomic E-state index is -0.361. The predicted molar refractivity (Wildman–Crippen MR) is 102 cm³/mol. The average Bonchev–Trinajstić information content (AvgIpc) is 3.38. The van der Waals surface area contributed by atoms with Crippen LogP contribution in [0.15, 0.2) is 18.2 Å². The number of carbonyl (C=O) groups is 1. The lowest BCUT2D eigenvalue weighted by Crippen LogP contribution is -2.41. The molecule has 4 nitrogen and oxygen atoms in total. The van der Waals surface area contributed by atoms with Crippen molar-refractivity contribution in [1.29, 1.82) is 0 Å². The van der Waals surface area contributed by atoms with Crippen molar-refractivity contribution in [1.82, 2.24) is 10.6 Å². The van der Waals surface area contributed by atoms with Crippen LogP contribution in [0.4, 0.5) is 4.39 Å². The Balaban J connectivity index is 0.00000225. The van der Waals surface area contributed by atoms with E-state index in [4.69, 9.17) is 4.74 Å². The topological polar surface area (TPSA) is 50.4 Å². The second-order valence-electron chi connectivity index (χ2n) is 6.66. The van der Waals surface area contributed by atoms with Gasteiger partial charge in [-0.1, -0.05) is 6.07 Å². The third kappa shape index (κ3) is 6.35. The maximum absolute atomic E-state index is 14.1. The third-order valence-corrected chi connectivity index (χ3v) is 5.57. The Morgan fingerprint density at radius 3 is 2.92 bits per heavy atom. The summed E-state index contributed by atoms with van der Waals surface area (Å²) >= 11 is 1.87. The molecule has 7 heteroatoms. The van der Waals surface area contributed by atoms with Crippen LogP contribution in [0.5, 0.6) is 5.75 Å². The number of benzene rings is 1. The molecule has 2 N–H and O–H groups in total. The van der Waals surface area contributed by atoms with Gasteiger partial charge in [0, 0.05) is 30.5 Å². The lowest BCUT2D eigenvalue weighted by Gasteiger charge is -2.23. The number of nitrogens with one attached hydrogen (secondary N) is 2. The number of halogens is 2. The number of ether oxygens (including phenoxy) is 1. The van der Waals surface area contributed by atoms with Crippen LogP contribution in [0.2, 0.25) is 0 Å². The first-order chi connectivity index (χ1) is 11.6. The number of carbonyl (C=O) groups excluding carboxylic acids is 1. The van der Waals surface area contributed by atoms with E-state index in [0.717, 1.165) is 23.6 Å². The van der Waals surface area contributed by atoms with E-state index in [0.29, 0.717) is 24.7 Å². The van der Waals surface area contributed by atoms with Crippen LogP contribution in [-0.4, -0.2) is 36.6 Å². The van der Waals surface area contributed by atoms with Gasteiger partial charge >= 0.3 is 0 Å². The van der Waals surface area contributed by atoms with Crippen molar-refractivity contribution < 1.29 is 13.9 Å². The van der Waals surface area contributed by atoms with Gasteiger partial charge in [0.25, 0.3) is 0 Å². The molecule has 25 heavy (non-hydrogen) atoms. The number of rotatable bonds is 7. The van der Waals surface area contributed by atoms with Gasteiger partial charge in [0.15, 0.2) is 11.6 Å². The highest BCUT2D eigenvalue weighted by Crippen LogP contribution is 2.30. The highest BCUT2D eigenvalue weighted by molar-refractivity contribution is 7.99. The van der Waals surface area contributed by atoms with E-state index in [9.17, 15) is 9.18 Å². The van der Waals surface area contributed by atoms with E-state index in [-0.39, 0.29) is 36.2 Å². The maximum Gasteiger partial charge on any atom is 0.222 e. The van der Waals surface area contributed by atoms with Crippen LogP contribution in [0, 0.1) is 11.7 Å². The van der Waals surface area contributed by atoms with Gasteiger partial charge in [0.05, 0.1) is 12.6 Å². The summed E-state index contributed by atoms with van der Waals surface area (Å²) in [6, 6.07) is 4.95. The van der Waals surface area contributed by atoms with Gasteiger partial charge in [-0.15, -0.1) is 12.4 Å². The van der Waals surface area contributed by atoms with Crippen molar-refractivity contribution in [3.63, 3.8) is 0 Å². The molecule has 1 saturated carbocycles. The van der Waals surface area contributed by atoms with Crippen molar-refractivity contribution in [3.8, 4) is 5.75 Å². The zero-order chi connectivity index (χ0) is 16.9. The van der Waals surface area contributed by atoms with Gasteiger partial charge in [-0.05, 0) is 43.4 Å². The summed E-state index contributed by atoms with van der Waals surface area (Å²) in [6.07, 6.45) is 2.82. The minimum Gasteiger partial charge on any atom is -0.490 e. The smallest absolute Gasteiger partial charge is 0.222 e. The first kappa shape index (κ1) is 20.3. The zero-order valence-electron chi connectivity index (χ0n) is 14.4. The van der Waals surface area contributed by atoms with E-state index >= 15 is 0 Å². The minimum absolute atomic E-state index is 0. The quantitative estimate of drug-likeness (QED) is 0.752. The fourth-order valence-corrected chi connectivity index (χ4v) is 3.70. The van der Waals surface area contributed by atoms with Gasteiger partial charge < -0.3 is 15.4 Å². The van der Waals surface area contributed by atoms with Crippen molar-refractivity contribution in [2.24, 2.45) is 5.92 Å². The first-order valence-corrected chi connectivity index (χ1v) is 9.80. The molecule has 2 aliphatic rings. The van der Waals surface area contributed by atoms with Crippen molar-refractivity contribution in [3.05, 3.63) is 29.6 Å².